The van der Waals surface area contributed by atoms with Crippen LogP contribution in [0, 0.1) is 5.82 Å². The van der Waals surface area contributed by atoms with Gasteiger partial charge < -0.3 is 10.2 Å². The van der Waals surface area contributed by atoms with Crippen LogP contribution in [-0.4, -0.2) is 31.1 Å². The molecular formula is C16H27FN2. The van der Waals surface area contributed by atoms with Crippen LogP contribution >= 0.6 is 0 Å². The molecule has 1 unspecified atom stereocenters. The first kappa shape index (κ1) is 16.1. The van der Waals surface area contributed by atoms with E-state index in [1.165, 1.54) is 6.07 Å². The van der Waals surface area contributed by atoms with E-state index in [-0.39, 0.29) is 17.4 Å². The van der Waals surface area contributed by atoms with Crippen LogP contribution in [0.3, 0.4) is 0 Å². The Morgan fingerprint density at radius 1 is 1.32 bits per heavy atom. The second-order valence-corrected chi connectivity index (χ2v) is 5.74. The average molecular weight is 266 g/mol. The molecular weight excluding hydrogens is 239 g/mol. The van der Waals surface area contributed by atoms with E-state index in [2.05, 4.69) is 38.0 Å². The Labute approximate surface area is 117 Å². The summed E-state index contributed by atoms with van der Waals surface area (Å²) < 4.78 is 13.8. The highest BCUT2D eigenvalue weighted by Crippen LogP contribution is 2.22. The average Bonchev–Trinajstić information content (AvgIpc) is 2.40. The number of hydrogen-bond acceptors (Lipinski definition) is 2. The number of benzene rings is 1. The molecule has 0 bridgehead atoms. The van der Waals surface area contributed by atoms with Crippen LogP contribution in [0.15, 0.2) is 24.3 Å². The molecule has 1 atom stereocenters. The summed E-state index contributed by atoms with van der Waals surface area (Å²) in [4.78, 5) is 2.35. The molecule has 2 nitrogen and oxygen atoms in total. The van der Waals surface area contributed by atoms with Crippen molar-refractivity contribution < 1.29 is 4.39 Å². The fourth-order valence-corrected chi connectivity index (χ4v) is 2.11. The zero-order chi connectivity index (χ0) is 14.5. The largest absolute Gasteiger partial charge is 0.313 e. The number of halogens is 1. The number of nitrogens with zero attached hydrogens (tertiary/aromatic N) is 1. The van der Waals surface area contributed by atoms with Gasteiger partial charge in [-0.15, -0.1) is 0 Å². The summed E-state index contributed by atoms with van der Waals surface area (Å²) in [6.45, 7) is 7.62. The number of hydrogen-bond donors (Lipinski definition) is 1. The lowest BCUT2D eigenvalue weighted by Gasteiger charge is -2.35. The summed E-state index contributed by atoms with van der Waals surface area (Å²) in [6.07, 6.45) is 2.00. The maximum Gasteiger partial charge on any atom is 0.127 e. The first-order valence-corrected chi connectivity index (χ1v) is 7.05. The summed E-state index contributed by atoms with van der Waals surface area (Å²) in [5, 5.41) is 3.22. The smallest absolute Gasteiger partial charge is 0.127 e. The van der Waals surface area contributed by atoms with Gasteiger partial charge in [0.05, 0.1) is 0 Å². The lowest BCUT2D eigenvalue weighted by molar-refractivity contribution is 0.144. The molecule has 0 aromatic heterocycles. The quantitative estimate of drug-likeness (QED) is 0.811. The SMILES string of the molecule is CCC(C)(C)N(C)CCC(NC)c1ccccc1F. The van der Waals surface area contributed by atoms with Gasteiger partial charge in [0, 0.05) is 23.7 Å². The monoisotopic (exact) mass is 266 g/mol. The molecule has 3 heteroatoms. The molecule has 0 fully saturated rings. The Morgan fingerprint density at radius 3 is 2.47 bits per heavy atom. The van der Waals surface area contributed by atoms with Gasteiger partial charge >= 0.3 is 0 Å². The zero-order valence-electron chi connectivity index (χ0n) is 12.8. The van der Waals surface area contributed by atoms with Crippen LogP contribution in [0.1, 0.15) is 45.2 Å². The van der Waals surface area contributed by atoms with E-state index in [4.69, 9.17) is 0 Å². The molecule has 0 spiro atoms. The Kier molecular flexibility index (Phi) is 5.95. The van der Waals surface area contributed by atoms with E-state index >= 15 is 0 Å². The molecule has 1 N–H and O–H groups in total. The predicted molar refractivity (Wildman–Crippen MR) is 79.8 cm³/mol. The number of rotatable bonds is 7. The molecule has 1 aromatic carbocycles. The molecule has 0 radical (unpaired) electrons. The van der Waals surface area contributed by atoms with Crippen LogP contribution < -0.4 is 5.32 Å². The molecule has 1 rings (SSSR count). The van der Waals surface area contributed by atoms with Crippen molar-refractivity contribution in [1.82, 2.24) is 10.2 Å². The third-order valence-corrected chi connectivity index (χ3v) is 4.28. The zero-order valence-corrected chi connectivity index (χ0v) is 12.8. The third kappa shape index (κ3) is 4.29. The van der Waals surface area contributed by atoms with Crippen molar-refractivity contribution in [2.75, 3.05) is 20.6 Å². The molecule has 0 aliphatic carbocycles. The Bertz CT molecular complexity index is 390. The second-order valence-electron chi connectivity index (χ2n) is 5.74. The maximum atomic E-state index is 13.8. The standard InChI is InChI=1S/C16H27FN2/c1-6-16(2,3)19(5)12-11-15(18-4)13-9-7-8-10-14(13)17/h7-10,15,18H,6,11-12H2,1-5H3. The van der Waals surface area contributed by atoms with Crippen molar-refractivity contribution in [2.24, 2.45) is 0 Å². The highest BCUT2D eigenvalue weighted by Gasteiger charge is 2.22. The molecule has 0 aliphatic rings. The van der Waals surface area contributed by atoms with Crippen molar-refractivity contribution in [2.45, 2.75) is 45.2 Å². The first-order valence-electron chi connectivity index (χ1n) is 7.05. The summed E-state index contributed by atoms with van der Waals surface area (Å²) in [5.41, 5.74) is 0.945. The fourth-order valence-electron chi connectivity index (χ4n) is 2.11. The van der Waals surface area contributed by atoms with Crippen LogP contribution in [0.4, 0.5) is 4.39 Å². The van der Waals surface area contributed by atoms with Crippen LogP contribution in [0.2, 0.25) is 0 Å². The fraction of sp³-hybridized carbons (Fsp3) is 0.625. The minimum atomic E-state index is -0.126. The highest BCUT2D eigenvalue weighted by atomic mass is 19.1. The van der Waals surface area contributed by atoms with E-state index in [0.717, 1.165) is 24.9 Å². The molecule has 0 aliphatic heterocycles. The minimum absolute atomic E-state index is 0.0660. The van der Waals surface area contributed by atoms with Crippen molar-refractivity contribution in [3.8, 4) is 0 Å². The van der Waals surface area contributed by atoms with Gasteiger partial charge in [0.25, 0.3) is 0 Å². The van der Waals surface area contributed by atoms with Gasteiger partial charge in [0.2, 0.25) is 0 Å². The summed E-state index contributed by atoms with van der Waals surface area (Å²) in [7, 11) is 4.03. The number of nitrogens with one attached hydrogen (secondary N) is 1. The van der Waals surface area contributed by atoms with E-state index < -0.39 is 0 Å². The Morgan fingerprint density at radius 2 is 1.95 bits per heavy atom. The van der Waals surface area contributed by atoms with Crippen molar-refractivity contribution >= 4 is 0 Å². The van der Waals surface area contributed by atoms with Crippen molar-refractivity contribution in [3.05, 3.63) is 35.6 Å². The van der Waals surface area contributed by atoms with Gasteiger partial charge in [-0.2, -0.15) is 0 Å². The second kappa shape index (κ2) is 7.01. The topological polar surface area (TPSA) is 15.3 Å². The Balaban J connectivity index is 2.67. The molecule has 0 saturated carbocycles. The van der Waals surface area contributed by atoms with E-state index in [1.807, 2.05) is 19.2 Å². The minimum Gasteiger partial charge on any atom is -0.313 e. The molecule has 1 aromatic rings. The normalized spacial score (nSPS) is 13.8. The van der Waals surface area contributed by atoms with Crippen LogP contribution in [0.5, 0.6) is 0 Å². The van der Waals surface area contributed by atoms with Crippen molar-refractivity contribution in [3.63, 3.8) is 0 Å². The lowest BCUT2D eigenvalue weighted by Crippen LogP contribution is -2.41. The van der Waals surface area contributed by atoms with Crippen LogP contribution in [0.25, 0.3) is 0 Å². The van der Waals surface area contributed by atoms with Gasteiger partial charge in [-0.05, 0) is 46.9 Å². The summed E-state index contributed by atoms with van der Waals surface area (Å²) in [5.74, 6) is -0.126. The third-order valence-electron chi connectivity index (χ3n) is 4.28. The summed E-state index contributed by atoms with van der Waals surface area (Å²) in [6, 6.07) is 7.08. The Hall–Kier alpha value is -0.930. The molecule has 0 heterocycles. The van der Waals surface area contributed by atoms with Gasteiger partial charge in [-0.25, -0.2) is 4.39 Å². The van der Waals surface area contributed by atoms with E-state index in [9.17, 15) is 4.39 Å². The summed E-state index contributed by atoms with van der Waals surface area (Å²) >= 11 is 0. The van der Waals surface area contributed by atoms with Crippen LogP contribution in [-0.2, 0) is 0 Å². The lowest BCUT2D eigenvalue weighted by atomic mass is 9.98. The van der Waals surface area contributed by atoms with Gasteiger partial charge in [-0.1, -0.05) is 25.1 Å². The molecule has 19 heavy (non-hydrogen) atoms. The highest BCUT2D eigenvalue weighted by molar-refractivity contribution is 5.21. The predicted octanol–water partition coefficient (Wildman–Crippen LogP) is 3.60. The molecule has 0 saturated heterocycles. The van der Waals surface area contributed by atoms with Gasteiger partial charge in [0.15, 0.2) is 0 Å². The van der Waals surface area contributed by atoms with Crippen molar-refractivity contribution in [1.29, 1.82) is 0 Å². The molecule has 108 valence electrons. The van der Waals surface area contributed by atoms with E-state index in [0.29, 0.717) is 0 Å². The maximum absolute atomic E-state index is 13.8. The first-order chi connectivity index (χ1) is 8.92. The molecule has 0 amide bonds. The van der Waals surface area contributed by atoms with Gasteiger partial charge in [0.1, 0.15) is 5.82 Å². The van der Waals surface area contributed by atoms with E-state index in [1.54, 1.807) is 6.07 Å². The van der Waals surface area contributed by atoms with Gasteiger partial charge in [-0.3, -0.25) is 0 Å².